The zero-order valence-electron chi connectivity index (χ0n) is 22.6. The van der Waals surface area contributed by atoms with Crippen LogP contribution in [-0.2, 0) is 16.8 Å². The molecule has 0 unspecified atom stereocenters. The van der Waals surface area contributed by atoms with Crippen LogP contribution in [0.1, 0.15) is 48.0 Å². The van der Waals surface area contributed by atoms with Crippen molar-refractivity contribution < 1.29 is 14.3 Å². The van der Waals surface area contributed by atoms with Crippen LogP contribution >= 0.6 is 0 Å². The predicted molar refractivity (Wildman–Crippen MR) is 150 cm³/mol. The molecule has 0 bridgehead atoms. The SMILES string of the molecule is COc1ccccc1C(=O)N(CC(=O)Nc1cc(C(C)(C)C)nn1-c1ccccc1C)Cc1ccccc1. The number of methoxy groups -OCH3 is 1. The Bertz CT molecular complexity index is 1420. The molecule has 0 atom stereocenters. The molecule has 3 aromatic carbocycles. The molecule has 1 heterocycles. The minimum Gasteiger partial charge on any atom is -0.496 e. The molecule has 7 nitrogen and oxygen atoms in total. The Labute approximate surface area is 224 Å². The molecule has 38 heavy (non-hydrogen) atoms. The summed E-state index contributed by atoms with van der Waals surface area (Å²) in [6.07, 6.45) is 0. The number of aryl methyl sites for hydroxylation is 1. The Balaban J connectivity index is 1.65. The number of hydrogen-bond acceptors (Lipinski definition) is 4. The topological polar surface area (TPSA) is 76.5 Å². The fraction of sp³-hybridized carbons (Fsp3) is 0.258. The molecule has 4 aromatic rings. The fourth-order valence-corrected chi connectivity index (χ4v) is 4.17. The maximum atomic E-state index is 13.6. The minimum absolute atomic E-state index is 0.143. The highest BCUT2D eigenvalue weighted by Gasteiger charge is 2.25. The summed E-state index contributed by atoms with van der Waals surface area (Å²) >= 11 is 0. The number of aromatic nitrogens is 2. The molecule has 0 spiro atoms. The molecule has 7 heteroatoms. The third-order valence-electron chi connectivity index (χ3n) is 6.26. The van der Waals surface area contributed by atoms with Gasteiger partial charge in [0, 0.05) is 18.0 Å². The summed E-state index contributed by atoms with van der Waals surface area (Å²) in [5, 5.41) is 7.84. The van der Waals surface area contributed by atoms with Gasteiger partial charge in [-0.1, -0.05) is 81.4 Å². The summed E-state index contributed by atoms with van der Waals surface area (Å²) in [5.74, 6) is 0.408. The number of nitrogens with zero attached hydrogens (tertiary/aromatic N) is 3. The molecular weight excluding hydrogens is 476 g/mol. The van der Waals surface area contributed by atoms with E-state index in [0.717, 1.165) is 22.5 Å². The molecule has 0 saturated heterocycles. The van der Waals surface area contributed by atoms with Crippen LogP contribution in [0.25, 0.3) is 5.69 Å². The first-order valence-electron chi connectivity index (χ1n) is 12.6. The van der Waals surface area contributed by atoms with E-state index in [1.165, 1.54) is 12.0 Å². The van der Waals surface area contributed by atoms with Crippen LogP contribution < -0.4 is 10.1 Å². The molecular formula is C31H34N4O3. The molecule has 1 aromatic heterocycles. The molecule has 0 saturated carbocycles. The lowest BCUT2D eigenvalue weighted by Crippen LogP contribution is -2.38. The molecule has 0 aliphatic carbocycles. The molecule has 4 rings (SSSR count). The average Bonchev–Trinajstić information content (AvgIpc) is 3.32. The number of para-hydroxylation sites is 2. The average molecular weight is 511 g/mol. The van der Waals surface area contributed by atoms with Crippen LogP contribution in [0, 0.1) is 6.92 Å². The first-order chi connectivity index (χ1) is 18.2. The number of amides is 2. The van der Waals surface area contributed by atoms with Gasteiger partial charge in [0.25, 0.3) is 5.91 Å². The van der Waals surface area contributed by atoms with Gasteiger partial charge in [0.15, 0.2) is 0 Å². The summed E-state index contributed by atoms with van der Waals surface area (Å²) in [5.41, 5.74) is 3.87. The van der Waals surface area contributed by atoms with E-state index in [9.17, 15) is 9.59 Å². The van der Waals surface area contributed by atoms with E-state index in [1.807, 2.05) is 73.7 Å². The number of carbonyl (C=O) groups excluding carboxylic acids is 2. The lowest BCUT2D eigenvalue weighted by molar-refractivity contribution is -0.117. The molecule has 0 aliphatic rings. The highest BCUT2D eigenvalue weighted by molar-refractivity contribution is 6.00. The van der Waals surface area contributed by atoms with Crippen LogP contribution in [0.3, 0.4) is 0 Å². The van der Waals surface area contributed by atoms with E-state index < -0.39 is 0 Å². The van der Waals surface area contributed by atoms with Crippen molar-refractivity contribution >= 4 is 17.6 Å². The Morgan fingerprint density at radius 1 is 0.947 bits per heavy atom. The van der Waals surface area contributed by atoms with Gasteiger partial charge in [-0.3, -0.25) is 9.59 Å². The second-order valence-electron chi connectivity index (χ2n) is 10.3. The monoisotopic (exact) mass is 510 g/mol. The predicted octanol–water partition coefficient (Wildman–Crippen LogP) is 5.77. The highest BCUT2D eigenvalue weighted by atomic mass is 16.5. The van der Waals surface area contributed by atoms with Crippen LogP contribution in [0.5, 0.6) is 5.75 Å². The summed E-state index contributed by atoms with van der Waals surface area (Å²) in [7, 11) is 1.53. The third-order valence-corrected chi connectivity index (χ3v) is 6.26. The third kappa shape index (κ3) is 6.11. The summed E-state index contributed by atoms with van der Waals surface area (Å²) in [4.78, 5) is 28.6. The van der Waals surface area contributed by atoms with E-state index in [0.29, 0.717) is 17.1 Å². The molecule has 0 radical (unpaired) electrons. The second kappa shape index (κ2) is 11.3. The van der Waals surface area contributed by atoms with Crippen molar-refractivity contribution in [1.29, 1.82) is 0 Å². The van der Waals surface area contributed by atoms with Crippen LogP contribution in [0.15, 0.2) is 84.9 Å². The van der Waals surface area contributed by atoms with Gasteiger partial charge < -0.3 is 15.0 Å². The van der Waals surface area contributed by atoms with Crippen molar-refractivity contribution in [3.8, 4) is 11.4 Å². The van der Waals surface area contributed by atoms with Crippen LogP contribution in [-0.4, -0.2) is 40.1 Å². The van der Waals surface area contributed by atoms with Crippen molar-refractivity contribution in [2.45, 2.75) is 39.7 Å². The molecule has 2 amide bonds. The van der Waals surface area contributed by atoms with Gasteiger partial charge in [-0.25, -0.2) is 4.68 Å². The standard InChI is InChI=1S/C31H34N4O3/c1-22-13-9-11-17-25(22)35-28(19-27(33-35)31(2,3)4)32-29(36)21-34(20-23-14-7-6-8-15-23)30(37)24-16-10-12-18-26(24)38-5/h6-19H,20-21H2,1-5H3,(H,32,36). The lowest BCUT2D eigenvalue weighted by atomic mass is 9.92. The lowest BCUT2D eigenvalue weighted by Gasteiger charge is -2.23. The quantitative estimate of drug-likeness (QED) is 0.327. The normalized spacial score (nSPS) is 11.2. The summed E-state index contributed by atoms with van der Waals surface area (Å²) in [6, 6.07) is 26.4. The van der Waals surface area contributed by atoms with Gasteiger partial charge in [-0.2, -0.15) is 5.10 Å². The van der Waals surface area contributed by atoms with Crippen molar-refractivity contribution in [3.63, 3.8) is 0 Å². The molecule has 0 fully saturated rings. The van der Waals surface area contributed by atoms with Gasteiger partial charge in [0.1, 0.15) is 18.1 Å². The smallest absolute Gasteiger partial charge is 0.258 e. The van der Waals surface area contributed by atoms with E-state index in [1.54, 1.807) is 22.9 Å². The number of ether oxygens (including phenoxy) is 1. The number of hydrogen-bond donors (Lipinski definition) is 1. The number of carbonyl (C=O) groups is 2. The van der Waals surface area contributed by atoms with Gasteiger partial charge in [-0.15, -0.1) is 0 Å². The van der Waals surface area contributed by atoms with E-state index in [2.05, 4.69) is 26.1 Å². The maximum absolute atomic E-state index is 13.6. The van der Waals surface area contributed by atoms with Crippen molar-refractivity contribution in [2.24, 2.45) is 0 Å². The number of benzene rings is 3. The Morgan fingerprint density at radius 2 is 1.61 bits per heavy atom. The summed E-state index contributed by atoms with van der Waals surface area (Å²) < 4.78 is 7.18. The zero-order chi connectivity index (χ0) is 27.3. The number of nitrogens with one attached hydrogen (secondary N) is 1. The van der Waals surface area contributed by atoms with E-state index in [-0.39, 0.29) is 30.3 Å². The van der Waals surface area contributed by atoms with Gasteiger partial charge in [0.2, 0.25) is 5.91 Å². The first kappa shape index (κ1) is 26.7. The first-order valence-corrected chi connectivity index (χ1v) is 12.6. The van der Waals surface area contributed by atoms with Crippen LogP contribution in [0.2, 0.25) is 0 Å². The van der Waals surface area contributed by atoms with Crippen LogP contribution in [0.4, 0.5) is 5.82 Å². The number of anilines is 1. The second-order valence-corrected chi connectivity index (χ2v) is 10.3. The Morgan fingerprint density at radius 3 is 2.29 bits per heavy atom. The van der Waals surface area contributed by atoms with Crippen molar-refractivity contribution in [2.75, 3.05) is 19.0 Å². The van der Waals surface area contributed by atoms with E-state index >= 15 is 0 Å². The van der Waals surface area contributed by atoms with Crippen molar-refractivity contribution in [1.82, 2.24) is 14.7 Å². The molecule has 0 aliphatic heterocycles. The van der Waals surface area contributed by atoms with Gasteiger partial charge in [-0.05, 0) is 36.2 Å². The largest absolute Gasteiger partial charge is 0.496 e. The Hall–Kier alpha value is -4.39. The van der Waals surface area contributed by atoms with E-state index in [4.69, 9.17) is 9.84 Å². The van der Waals surface area contributed by atoms with Crippen molar-refractivity contribution in [3.05, 3.63) is 107 Å². The Kier molecular flexibility index (Phi) is 7.96. The molecule has 196 valence electrons. The highest BCUT2D eigenvalue weighted by Crippen LogP contribution is 2.27. The maximum Gasteiger partial charge on any atom is 0.258 e. The minimum atomic E-state index is -0.320. The van der Waals surface area contributed by atoms with Gasteiger partial charge >= 0.3 is 0 Å². The summed E-state index contributed by atoms with van der Waals surface area (Å²) in [6.45, 7) is 8.38. The molecule has 1 N–H and O–H groups in total. The fourth-order valence-electron chi connectivity index (χ4n) is 4.17. The number of rotatable bonds is 8. The zero-order valence-corrected chi connectivity index (χ0v) is 22.6. The van der Waals surface area contributed by atoms with Gasteiger partial charge in [0.05, 0.1) is 24.1 Å².